The van der Waals surface area contributed by atoms with Crippen molar-refractivity contribution < 1.29 is 14.3 Å². The number of nitrogens with one attached hydrogen (secondary N) is 1. The molecular weight excluding hydrogens is 280 g/mol. The van der Waals surface area contributed by atoms with E-state index in [1.807, 2.05) is 6.92 Å². The van der Waals surface area contributed by atoms with E-state index in [1.165, 1.54) is 0 Å². The molecule has 118 valence electrons. The highest BCUT2D eigenvalue weighted by Gasteiger charge is 2.41. The zero-order valence-corrected chi connectivity index (χ0v) is 13.1. The van der Waals surface area contributed by atoms with Gasteiger partial charge >= 0.3 is 0 Å². The molecule has 1 saturated carbocycles. The Kier molecular flexibility index (Phi) is 5.40. The van der Waals surface area contributed by atoms with Crippen molar-refractivity contribution in [3.8, 4) is 11.8 Å². The Morgan fingerprint density at radius 3 is 2.73 bits per heavy atom. The predicted octanol–water partition coefficient (Wildman–Crippen LogP) is 3.24. The lowest BCUT2D eigenvalue weighted by Gasteiger charge is -2.26. The molecule has 0 radical (unpaired) electrons. The van der Waals surface area contributed by atoms with E-state index in [1.54, 1.807) is 25.3 Å². The summed E-state index contributed by atoms with van der Waals surface area (Å²) in [5.74, 6) is 0.406. The van der Waals surface area contributed by atoms with Gasteiger partial charge in [0.1, 0.15) is 17.4 Å². The highest BCUT2D eigenvalue weighted by Crippen LogP contribution is 2.34. The molecule has 0 heterocycles. The van der Waals surface area contributed by atoms with Crippen LogP contribution in [0.5, 0.6) is 5.75 Å². The number of carbonyl (C=O) groups excluding carboxylic acids is 1. The fraction of sp³-hybridized carbons (Fsp3) is 0.529. The van der Waals surface area contributed by atoms with Crippen LogP contribution in [-0.2, 0) is 9.53 Å². The van der Waals surface area contributed by atoms with Crippen molar-refractivity contribution in [1.29, 1.82) is 5.26 Å². The number of ether oxygens (including phenoxy) is 2. The van der Waals surface area contributed by atoms with Crippen molar-refractivity contribution in [3.05, 3.63) is 23.8 Å². The summed E-state index contributed by atoms with van der Waals surface area (Å²) in [6.45, 7) is 2.57. The first-order valence-electron chi connectivity index (χ1n) is 7.69. The summed E-state index contributed by atoms with van der Waals surface area (Å²) in [7, 11) is 1.58. The van der Waals surface area contributed by atoms with Gasteiger partial charge in [-0.1, -0.05) is 6.92 Å². The Labute approximate surface area is 131 Å². The molecule has 1 aromatic rings. The van der Waals surface area contributed by atoms with Crippen LogP contribution in [0.25, 0.3) is 0 Å². The van der Waals surface area contributed by atoms with Crippen molar-refractivity contribution in [2.45, 2.75) is 44.6 Å². The molecule has 1 amide bonds. The highest BCUT2D eigenvalue weighted by atomic mass is 16.5. The Morgan fingerprint density at radius 1 is 1.41 bits per heavy atom. The highest BCUT2D eigenvalue weighted by molar-refractivity contribution is 5.97. The summed E-state index contributed by atoms with van der Waals surface area (Å²) in [4.78, 5) is 12.5. The molecule has 5 heteroatoms. The molecule has 0 aromatic heterocycles. The van der Waals surface area contributed by atoms with Gasteiger partial charge in [-0.05, 0) is 50.3 Å². The van der Waals surface area contributed by atoms with E-state index in [0.717, 1.165) is 32.1 Å². The molecule has 1 fully saturated rings. The number of anilines is 1. The van der Waals surface area contributed by atoms with Gasteiger partial charge in [0.05, 0.1) is 12.2 Å². The van der Waals surface area contributed by atoms with E-state index in [0.29, 0.717) is 23.6 Å². The minimum absolute atomic E-state index is 0.140. The van der Waals surface area contributed by atoms with Crippen LogP contribution < -0.4 is 10.1 Å². The van der Waals surface area contributed by atoms with Gasteiger partial charge in [0.2, 0.25) is 0 Å². The van der Waals surface area contributed by atoms with Gasteiger partial charge in [0.25, 0.3) is 5.91 Å². The number of nitriles is 1. The summed E-state index contributed by atoms with van der Waals surface area (Å²) in [5.41, 5.74) is 0.280. The first-order chi connectivity index (χ1) is 10.6. The van der Waals surface area contributed by atoms with E-state index in [-0.39, 0.29) is 5.91 Å². The maximum atomic E-state index is 12.5. The topological polar surface area (TPSA) is 71.3 Å². The number of methoxy groups -OCH3 is 1. The molecule has 1 aliphatic carbocycles. The SMILES string of the molecule is CCCOc1ccc(NC(=O)C2(OC)CCCC2)cc1C#N. The fourth-order valence-corrected chi connectivity index (χ4v) is 2.75. The second kappa shape index (κ2) is 7.28. The molecule has 0 bridgehead atoms. The van der Waals surface area contributed by atoms with Gasteiger partial charge in [-0.15, -0.1) is 0 Å². The van der Waals surface area contributed by atoms with Gasteiger partial charge in [0, 0.05) is 12.8 Å². The lowest BCUT2D eigenvalue weighted by atomic mass is 10.0. The van der Waals surface area contributed by atoms with Crippen molar-refractivity contribution in [2.75, 3.05) is 19.0 Å². The standard InChI is InChI=1S/C17H22N2O3/c1-3-10-22-15-7-6-14(11-13(15)12-18)19-16(20)17(21-2)8-4-5-9-17/h6-7,11H,3-5,8-10H2,1-2H3,(H,19,20). The van der Waals surface area contributed by atoms with Crippen LogP contribution >= 0.6 is 0 Å². The predicted molar refractivity (Wildman–Crippen MR) is 83.8 cm³/mol. The van der Waals surface area contributed by atoms with Crippen LogP contribution in [0.3, 0.4) is 0 Å². The molecule has 0 spiro atoms. The van der Waals surface area contributed by atoms with E-state index in [4.69, 9.17) is 9.47 Å². The molecule has 1 N–H and O–H groups in total. The number of amides is 1. The van der Waals surface area contributed by atoms with Gasteiger partial charge in [-0.3, -0.25) is 4.79 Å². The Morgan fingerprint density at radius 2 is 2.14 bits per heavy atom. The molecule has 1 aliphatic rings. The second-order valence-electron chi connectivity index (χ2n) is 5.53. The third kappa shape index (κ3) is 3.40. The van der Waals surface area contributed by atoms with Gasteiger partial charge in [0.15, 0.2) is 0 Å². The lowest BCUT2D eigenvalue weighted by molar-refractivity contribution is -0.136. The fourth-order valence-electron chi connectivity index (χ4n) is 2.75. The molecule has 0 aliphatic heterocycles. The van der Waals surface area contributed by atoms with Crippen LogP contribution in [0.15, 0.2) is 18.2 Å². The van der Waals surface area contributed by atoms with Crippen LogP contribution in [0, 0.1) is 11.3 Å². The Hall–Kier alpha value is -2.06. The average molecular weight is 302 g/mol. The van der Waals surface area contributed by atoms with Crippen LogP contribution in [0.2, 0.25) is 0 Å². The van der Waals surface area contributed by atoms with Crippen LogP contribution in [0.1, 0.15) is 44.6 Å². The van der Waals surface area contributed by atoms with Gasteiger partial charge in [-0.2, -0.15) is 5.26 Å². The lowest BCUT2D eigenvalue weighted by Crippen LogP contribution is -2.42. The largest absolute Gasteiger partial charge is 0.492 e. The number of nitrogens with zero attached hydrogens (tertiary/aromatic N) is 1. The molecule has 5 nitrogen and oxygen atoms in total. The summed E-state index contributed by atoms with van der Waals surface area (Å²) in [6.07, 6.45) is 4.33. The number of rotatable bonds is 6. The van der Waals surface area contributed by atoms with E-state index >= 15 is 0 Å². The van der Waals surface area contributed by atoms with E-state index in [2.05, 4.69) is 11.4 Å². The summed E-state index contributed by atoms with van der Waals surface area (Å²) >= 11 is 0. The van der Waals surface area contributed by atoms with Crippen molar-refractivity contribution >= 4 is 11.6 Å². The summed E-state index contributed by atoms with van der Waals surface area (Å²) in [5, 5.41) is 12.1. The van der Waals surface area contributed by atoms with Crippen LogP contribution in [0.4, 0.5) is 5.69 Å². The monoisotopic (exact) mass is 302 g/mol. The minimum atomic E-state index is -0.732. The molecule has 0 unspecified atom stereocenters. The van der Waals surface area contributed by atoms with Crippen molar-refractivity contribution in [3.63, 3.8) is 0 Å². The van der Waals surface area contributed by atoms with Gasteiger partial charge < -0.3 is 14.8 Å². The summed E-state index contributed by atoms with van der Waals surface area (Å²) < 4.78 is 11.0. The quantitative estimate of drug-likeness (QED) is 0.875. The number of hydrogen-bond donors (Lipinski definition) is 1. The van der Waals surface area contributed by atoms with E-state index < -0.39 is 5.60 Å². The third-order valence-corrected chi connectivity index (χ3v) is 4.04. The minimum Gasteiger partial charge on any atom is -0.492 e. The maximum absolute atomic E-state index is 12.5. The van der Waals surface area contributed by atoms with Crippen LogP contribution in [-0.4, -0.2) is 25.2 Å². The average Bonchev–Trinajstić information content (AvgIpc) is 3.03. The maximum Gasteiger partial charge on any atom is 0.256 e. The number of benzene rings is 1. The second-order valence-corrected chi connectivity index (χ2v) is 5.53. The molecule has 0 saturated heterocycles. The molecule has 22 heavy (non-hydrogen) atoms. The van der Waals surface area contributed by atoms with Gasteiger partial charge in [-0.25, -0.2) is 0 Å². The summed E-state index contributed by atoms with van der Waals surface area (Å²) in [6, 6.07) is 7.22. The molecule has 0 atom stereocenters. The number of carbonyl (C=O) groups is 1. The Bertz CT molecular complexity index is 572. The normalized spacial score (nSPS) is 16.0. The third-order valence-electron chi connectivity index (χ3n) is 4.04. The zero-order chi connectivity index (χ0) is 16.0. The van der Waals surface area contributed by atoms with Crippen molar-refractivity contribution in [1.82, 2.24) is 0 Å². The molecule has 2 rings (SSSR count). The zero-order valence-electron chi connectivity index (χ0n) is 13.1. The Balaban J connectivity index is 2.13. The molecule has 1 aromatic carbocycles. The van der Waals surface area contributed by atoms with E-state index in [9.17, 15) is 10.1 Å². The smallest absolute Gasteiger partial charge is 0.256 e. The first-order valence-corrected chi connectivity index (χ1v) is 7.69. The van der Waals surface area contributed by atoms with Crippen molar-refractivity contribution in [2.24, 2.45) is 0 Å². The first kappa shape index (κ1) is 16.3. The molecular formula is C17H22N2O3. The number of hydrogen-bond acceptors (Lipinski definition) is 4.